The summed E-state index contributed by atoms with van der Waals surface area (Å²) in [6, 6.07) is 9.29. The fourth-order valence-electron chi connectivity index (χ4n) is 7.53. The first-order valence-corrected chi connectivity index (χ1v) is 22.0. The SMILES string of the molecule is C[N+]1=C(/C=C/C=C/C=C2/N(CCCCCC(=O)NCCCn3cc(CNCCN)nn3)c3ccc(S(=O)(=O)O)cc3C2(C)C)C(C)(C)c2cc(S(=O)(=O)O)ccc21. The number of nitrogens with one attached hydrogen (secondary N) is 2. The Balaban J connectivity index is 1.20. The first-order valence-electron chi connectivity index (χ1n) is 19.1. The molecule has 0 atom stereocenters. The number of hydrogen-bond acceptors (Lipinski definition) is 10. The second-order valence-electron chi connectivity index (χ2n) is 15.4. The van der Waals surface area contributed by atoms with E-state index < -0.39 is 31.1 Å². The number of aryl methyl sites for hydroxylation is 1. The van der Waals surface area contributed by atoms with Gasteiger partial charge in [0.15, 0.2) is 5.71 Å². The van der Waals surface area contributed by atoms with E-state index in [1.807, 2.05) is 75.9 Å². The van der Waals surface area contributed by atoms with Crippen molar-refractivity contribution < 1.29 is 35.3 Å². The molecule has 1 amide bonds. The van der Waals surface area contributed by atoms with Crippen LogP contribution >= 0.6 is 0 Å². The molecule has 2 aliphatic heterocycles. The van der Waals surface area contributed by atoms with E-state index >= 15 is 0 Å². The standard InChI is InChI=1S/C40H54N8O7S2/c1-39(2)32-25-30(56(50,51)52)16-18-34(32)46(5)36(39)13-8-6-9-14-37-40(3,4)33-26-31(57(53,54)55)17-19-35(33)48(37)24-11-7-10-15-38(49)43-21-12-23-47-28-29(44-45-47)27-42-22-20-41/h6,8-9,13-14,16-19,25-26,28,42H,7,10-12,15,20-24,27,41H2,1-5H3,(H2-,43,49,50,51,52,53,54,55)/p+1. The molecule has 0 aliphatic carbocycles. The third kappa shape index (κ3) is 10.3. The van der Waals surface area contributed by atoms with Crippen LogP contribution in [0.2, 0.25) is 0 Å². The maximum atomic E-state index is 12.6. The Hall–Kier alpha value is -4.52. The smallest absolute Gasteiger partial charge is 0.294 e. The summed E-state index contributed by atoms with van der Waals surface area (Å²) in [7, 11) is -6.84. The average molecular weight is 824 g/mol. The number of allylic oxidation sites excluding steroid dienone is 6. The van der Waals surface area contributed by atoms with Crippen LogP contribution in [-0.4, -0.2) is 90.4 Å². The van der Waals surface area contributed by atoms with E-state index in [-0.39, 0.29) is 15.7 Å². The molecule has 3 heterocycles. The van der Waals surface area contributed by atoms with E-state index in [1.165, 1.54) is 24.3 Å². The van der Waals surface area contributed by atoms with Crippen molar-refractivity contribution in [3.05, 3.63) is 95.5 Å². The summed E-state index contributed by atoms with van der Waals surface area (Å²) in [4.78, 5) is 14.4. The molecule has 17 heteroatoms. The lowest BCUT2D eigenvalue weighted by atomic mass is 9.81. The number of unbranched alkanes of at least 4 members (excludes halogenated alkanes) is 2. The Bertz CT molecular complexity index is 2310. The first-order chi connectivity index (χ1) is 26.9. The third-order valence-electron chi connectivity index (χ3n) is 10.6. The predicted octanol–water partition coefficient (Wildman–Crippen LogP) is 4.39. The van der Waals surface area contributed by atoms with E-state index in [0.29, 0.717) is 52.1 Å². The van der Waals surface area contributed by atoms with Gasteiger partial charge in [0, 0.05) is 86.4 Å². The van der Waals surface area contributed by atoms with Gasteiger partial charge in [-0.25, -0.2) is 0 Å². The molecule has 2 aliphatic rings. The monoisotopic (exact) mass is 823 g/mol. The summed E-state index contributed by atoms with van der Waals surface area (Å²) in [5.41, 5.74) is 10.4. The van der Waals surface area contributed by atoms with Crippen LogP contribution in [0.5, 0.6) is 0 Å². The quantitative estimate of drug-likeness (QED) is 0.0493. The van der Waals surface area contributed by atoms with Gasteiger partial charge in [-0.05, 0) is 75.1 Å². The number of anilines is 1. The Morgan fingerprint density at radius 2 is 1.58 bits per heavy atom. The highest BCUT2D eigenvalue weighted by molar-refractivity contribution is 7.86. The summed E-state index contributed by atoms with van der Waals surface area (Å²) in [6.07, 6.45) is 15.1. The molecule has 0 bridgehead atoms. The van der Waals surface area contributed by atoms with Gasteiger partial charge in [0.1, 0.15) is 7.05 Å². The third-order valence-corrected chi connectivity index (χ3v) is 12.3. The minimum atomic E-state index is -4.40. The molecule has 3 aromatic rings. The highest BCUT2D eigenvalue weighted by atomic mass is 32.2. The molecule has 1 aromatic heterocycles. The number of rotatable bonds is 19. The molecule has 15 nitrogen and oxygen atoms in total. The van der Waals surface area contributed by atoms with Crippen LogP contribution in [-0.2, 0) is 49.0 Å². The van der Waals surface area contributed by atoms with Crippen LogP contribution < -0.4 is 21.3 Å². The molecule has 0 unspecified atom stereocenters. The second kappa shape index (κ2) is 18.0. The zero-order valence-electron chi connectivity index (χ0n) is 33.3. The molecule has 0 spiro atoms. The van der Waals surface area contributed by atoms with Crippen molar-refractivity contribution >= 4 is 43.2 Å². The van der Waals surface area contributed by atoms with Crippen molar-refractivity contribution in [1.29, 1.82) is 0 Å². The Morgan fingerprint density at radius 1 is 0.877 bits per heavy atom. The fourth-order valence-corrected chi connectivity index (χ4v) is 8.54. The molecule has 0 saturated carbocycles. The van der Waals surface area contributed by atoms with Crippen molar-refractivity contribution in [1.82, 2.24) is 25.6 Å². The van der Waals surface area contributed by atoms with E-state index in [0.717, 1.165) is 58.9 Å². The highest BCUT2D eigenvalue weighted by Gasteiger charge is 2.44. The van der Waals surface area contributed by atoms with Gasteiger partial charge in [0.05, 0.1) is 20.9 Å². The first kappa shape index (κ1) is 43.6. The summed E-state index contributed by atoms with van der Waals surface area (Å²) in [6.45, 7) is 11.8. The number of carbonyl (C=O) groups is 1. The van der Waals surface area contributed by atoms with E-state index in [9.17, 15) is 30.7 Å². The number of fused-ring (bicyclic) bond motifs is 2. The molecule has 0 fully saturated rings. The van der Waals surface area contributed by atoms with Crippen molar-refractivity contribution in [2.24, 2.45) is 5.73 Å². The van der Waals surface area contributed by atoms with Crippen molar-refractivity contribution in [2.45, 2.75) is 93.5 Å². The lowest BCUT2D eigenvalue weighted by molar-refractivity contribution is -0.401. The molecule has 0 saturated heterocycles. The zero-order valence-corrected chi connectivity index (χ0v) is 34.9. The molecular formula is C40H55N8O7S2+. The number of aromatic nitrogens is 3. The van der Waals surface area contributed by atoms with Gasteiger partial charge in [-0.2, -0.15) is 21.4 Å². The van der Waals surface area contributed by atoms with Gasteiger partial charge in [0.2, 0.25) is 11.6 Å². The lowest BCUT2D eigenvalue weighted by Crippen LogP contribution is -2.27. The maximum absolute atomic E-state index is 12.6. The molecule has 2 aromatic carbocycles. The van der Waals surface area contributed by atoms with Gasteiger partial charge in [-0.1, -0.05) is 43.7 Å². The predicted molar refractivity (Wildman–Crippen MR) is 220 cm³/mol. The summed E-state index contributed by atoms with van der Waals surface area (Å²) < 4.78 is 71.0. The second-order valence-corrected chi connectivity index (χ2v) is 18.2. The van der Waals surface area contributed by atoms with Gasteiger partial charge < -0.3 is 21.3 Å². The topological polar surface area (TPSA) is 213 Å². The minimum absolute atomic E-state index is 0.00141. The Labute approximate surface area is 335 Å². The zero-order chi connectivity index (χ0) is 41.6. The molecule has 0 radical (unpaired) electrons. The van der Waals surface area contributed by atoms with Crippen LogP contribution in [0.25, 0.3) is 0 Å². The molecule has 6 N–H and O–H groups in total. The van der Waals surface area contributed by atoms with Crippen LogP contribution in [0, 0.1) is 0 Å². The van der Waals surface area contributed by atoms with Gasteiger partial charge in [-0.3, -0.25) is 18.6 Å². The molecule has 308 valence electrons. The van der Waals surface area contributed by atoms with E-state index in [2.05, 4.69) is 25.8 Å². The van der Waals surface area contributed by atoms with Crippen molar-refractivity contribution in [3.63, 3.8) is 0 Å². The summed E-state index contributed by atoms with van der Waals surface area (Å²) in [5.74, 6) is 0.00141. The largest absolute Gasteiger partial charge is 0.356 e. The normalized spacial score (nSPS) is 17.0. The van der Waals surface area contributed by atoms with Gasteiger partial charge in [-0.15, -0.1) is 5.10 Å². The molecule has 57 heavy (non-hydrogen) atoms. The number of carbonyl (C=O) groups excluding carboxylic acids is 1. The Morgan fingerprint density at radius 3 is 2.28 bits per heavy atom. The van der Waals surface area contributed by atoms with Crippen LogP contribution in [0.15, 0.2) is 88.5 Å². The van der Waals surface area contributed by atoms with Gasteiger partial charge >= 0.3 is 0 Å². The van der Waals surface area contributed by atoms with E-state index in [4.69, 9.17) is 5.73 Å². The number of benzene rings is 2. The van der Waals surface area contributed by atoms with Crippen LogP contribution in [0.1, 0.15) is 76.6 Å². The minimum Gasteiger partial charge on any atom is -0.356 e. The molecule has 5 rings (SSSR count). The lowest BCUT2D eigenvalue weighted by Gasteiger charge is -2.27. The average Bonchev–Trinajstić information content (AvgIpc) is 3.74. The van der Waals surface area contributed by atoms with Crippen molar-refractivity contribution in [3.8, 4) is 0 Å². The number of hydrogen-bond donors (Lipinski definition) is 5. The van der Waals surface area contributed by atoms with Gasteiger partial charge in [0.25, 0.3) is 20.2 Å². The van der Waals surface area contributed by atoms with Crippen molar-refractivity contribution in [2.75, 3.05) is 38.1 Å². The Kier molecular flexibility index (Phi) is 13.7. The van der Waals surface area contributed by atoms with Crippen LogP contribution in [0.4, 0.5) is 11.4 Å². The fraction of sp³-hybridized carbons (Fsp3) is 0.450. The molecular weight excluding hydrogens is 769 g/mol. The summed E-state index contributed by atoms with van der Waals surface area (Å²) >= 11 is 0. The highest BCUT2D eigenvalue weighted by Crippen LogP contribution is 2.48. The number of nitrogens with zero attached hydrogens (tertiary/aromatic N) is 5. The maximum Gasteiger partial charge on any atom is 0.294 e. The van der Waals surface area contributed by atoms with E-state index in [1.54, 1.807) is 16.8 Å². The number of amides is 1. The number of nitrogens with two attached hydrogens (primary N) is 1. The summed E-state index contributed by atoms with van der Waals surface area (Å²) in [5, 5.41) is 14.4. The van der Waals surface area contributed by atoms with Crippen LogP contribution in [0.3, 0.4) is 0 Å².